The van der Waals surface area contributed by atoms with Crippen LogP contribution in [0.3, 0.4) is 0 Å². The summed E-state index contributed by atoms with van der Waals surface area (Å²) >= 11 is 0. The molecule has 1 atom stereocenters. The average molecular weight is 165 g/mol. The summed E-state index contributed by atoms with van der Waals surface area (Å²) < 4.78 is 28.9. The Labute approximate surface area is 64.7 Å². The molecule has 0 aromatic carbocycles. The van der Waals surface area contributed by atoms with Crippen LogP contribution in [0.25, 0.3) is 0 Å². The maximum atomic E-state index is 11.9. The lowest BCUT2D eigenvalue weighted by atomic mass is 9.90. The monoisotopic (exact) mass is 165 g/mol. The molecule has 0 saturated carbocycles. The van der Waals surface area contributed by atoms with E-state index in [4.69, 9.17) is 10.5 Å². The van der Waals surface area contributed by atoms with E-state index in [-0.39, 0.29) is 13.0 Å². The van der Waals surface area contributed by atoms with Crippen LogP contribution in [0.1, 0.15) is 19.3 Å². The van der Waals surface area contributed by atoms with E-state index in [0.29, 0.717) is 13.0 Å². The van der Waals surface area contributed by atoms with Crippen LogP contribution >= 0.6 is 0 Å². The molecule has 1 rings (SSSR count). The molecule has 11 heavy (non-hydrogen) atoms. The van der Waals surface area contributed by atoms with Gasteiger partial charge in [-0.3, -0.25) is 0 Å². The lowest BCUT2D eigenvalue weighted by Crippen LogP contribution is -2.48. The van der Waals surface area contributed by atoms with Crippen molar-refractivity contribution in [1.29, 1.82) is 0 Å². The van der Waals surface area contributed by atoms with E-state index in [1.165, 1.54) is 0 Å². The van der Waals surface area contributed by atoms with Gasteiger partial charge < -0.3 is 10.5 Å². The van der Waals surface area contributed by atoms with Gasteiger partial charge in [-0.1, -0.05) is 0 Å². The van der Waals surface area contributed by atoms with E-state index < -0.39 is 12.0 Å². The van der Waals surface area contributed by atoms with Crippen molar-refractivity contribution in [3.8, 4) is 0 Å². The van der Waals surface area contributed by atoms with E-state index in [1.54, 1.807) is 0 Å². The highest BCUT2D eigenvalue weighted by Crippen LogP contribution is 2.22. The first-order chi connectivity index (χ1) is 5.12. The smallest absolute Gasteiger partial charge is 0.240 e. The number of ether oxygens (including phenoxy) is 1. The molecular formula is C7H13F2NO. The van der Waals surface area contributed by atoms with Gasteiger partial charge in [0, 0.05) is 18.6 Å². The van der Waals surface area contributed by atoms with Crippen molar-refractivity contribution in [2.24, 2.45) is 5.73 Å². The molecule has 2 nitrogen and oxygen atoms in total. The summed E-state index contributed by atoms with van der Waals surface area (Å²) in [4.78, 5) is 0. The largest absolute Gasteiger partial charge is 0.380 e. The standard InChI is InChI=1S/C7H13F2NO/c8-6(9)4-7(10)2-1-3-11-5-7/h6H,1-5,10H2. The van der Waals surface area contributed by atoms with Crippen molar-refractivity contribution in [1.82, 2.24) is 0 Å². The van der Waals surface area contributed by atoms with Crippen molar-refractivity contribution in [2.75, 3.05) is 13.2 Å². The van der Waals surface area contributed by atoms with Crippen LogP contribution < -0.4 is 5.73 Å². The van der Waals surface area contributed by atoms with Crippen LogP contribution in [0.4, 0.5) is 8.78 Å². The minimum atomic E-state index is -2.32. The van der Waals surface area contributed by atoms with Crippen molar-refractivity contribution in [2.45, 2.75) is 31.2 Å². The SMILES string of the molecule is NC1(CC(F)F)CCCOC1. The van der Waals surface area contributed by atoms with Crippen LogP contribution in [-0.2, 0) is 4.74 Å². The Bertz CT molecular complexity index is 124. The molecule has 0 aromatic heterocycles. The first-order valence-corrected chi connectivity index (χ1v) is 3.77. The first kappa shape index (κ1) is 8.87. The normalized spacial score (nSPS) is 32.7. The molecule has 4 heteroatoms. The number of hydrogen-bond donors (Lipinski definition) is 1. The lowest BCUT2D eigenvalue weighted by Gasteiger charge is -2.32. The van der Waals surface area contributed by atoms with Gasteiger partial charge >= 0.3 is 0 Å². The minimum Gasteiger partial charge on any atom is -0.380 e. The van der Waals surface area contributed by atoms with Crippen molar-refractivity contribution < 1.29 is 13.5 Å². The highest BCUT2D eigenvalue weighted by Gasteiger charge is 2.31. The highest BCUT2D eigenvalue weighted by molar-refractivity contribution is 4.86. The van der Waals surface area contributed by atoms with Crippen molar-refractivity contribution in [3.63, 3.8) is 0 Å². The zero-order valence-electron chi connectivity index (χ0n) is 6.35. The quantitative estimate of drug-likeness (QED) is 0.666. The molecule has 1 fully saturated rings. The van der Waals surface area contributed by atoms with Gasteiger partial charge in [0.05, 0.1) is 6.61 Å². The predicted octanol–water partition coefficient (Wildman–Crippen LogP) is 1.15. The fourth-order valence-electron chi connectivity index (χ4n) is 1.34. The van der Waals surface area contributed by atoms with Gasteiger partial charge in [-0.2, -0.15) is 0 Å². The molecular weight excluding hydrogens is 152 g/mol. The van der Waals surface area contributed by atoms with Gasteiger partial charge in [-0.05, 0) is 12.8 Å². The number of rotatable bonds is 2. The zero-order valence-corrected chi connectivity index (χ0v) is 6.35. The Kier molecular flexibility index (Phi) is 2.78. The van der Waals surface area contributed by atoms with E-state index in [1.807, 2.05) is 0 Å². The Morgan fingerprint density at radius 1 is 1.55 bits per heavy atom. The number of nitrogens with two attached hydrogens (primary N) is 1. The summed E-state index contributed by atoms with van der Waals surface area (Å²) in [5.74, 6) is 0. The van der Waals surface area contributed by atoms with E-state index >= 15 is 0 Å². The molecule has 0 aromatic rings. The molecule has 0 radical (unpaired) electrons. The van der Waals surface area contributed by atoms with Gasteiger partial charge in [-0.25, -0.2) is 8.78 Å². The first-order valence-electron chi connectivity index (χ1n) is 3.77. The van der Waals surface area contributed by atoms with Crippen molar-refractivity contribution >= 4 is 0 Å². The molecule has 1 aliphatic heterocycles. The molecule has 66 valence electrons. The maximum absolute atomic E-state index is 11.9. The summed E-state index contributed by atoms with van der Waals surface area (Å²) in [6.45, 7) is 0.930. The second kappa shape index (κ2) is 3.45. The molecule has 1 heterocycles. The van der Waals surface area contributed by atoms with Gasteiger partial charge in [0.2, 0.25) is 6.43 Å². The Balaban J connectivity index is 2.37. The Hall–Kier alpha value is -0.220. The maximum Gasteiger partial charge on any atom is 0.240 e. The van der Waals surface area contributed by atoms with Crippen LogP contribution in [0, 0.1) is 0 Å². The topological polar surface area (TPSA) is 35.2 Å². The van der Waals surface area contributed by atoms with Gasteiger partial charge in [0.15, 0.2) is 0 Å². The predicted molar refractivity (Wildman–Crippen MR) is 37.6 cm³/mol. The number of halogens is 2. The van der Waals surface area contributed by atoms with Crippen LogP contribution in [0.2, 0.25) is 0 Å². The van der Waals surface area contributed by atoms with Gasteiger partial charge in [0.25, 0.3) is 0 Å². The summed E-state index contributed by atoms with van der Waals surface area (Å²) in [6, 6.07) is 0. The Morgan fingerprint density at radius 3 is 2.73 bits per heavy atom. The van der Waals surface area contributed by atoms with Crippen LogP contribution in [-0.4, -0.2) is 25.2 Å². The third-order valence-electron chi connectivity index (χ3n) is 1.91. The highest BCUT2D eigenvalue weighted by atomic mass is 19.3. The third-order valence-corrected chi connectivity index (χ3v) is 1.91. The number of hydrogen-bond acceptors (Lipinski definition) is 2. The molecule has 2 N–H and O–H groups in total. The van der Waals surface area contributed by atoms with Gasteiger partial charge in [0.1, 0.15) is 0 Å². The van der Waals surface area contributed by atoms with Crippen molar-refractivity contribution in [3.05, 3.63) is 0 Å². The molecule has 1 saturated heterocycles. The van der Waals surface area contributed by atoms with E-state index in [2.05, 4.69) is 0 Å². The Morgan fingerprint density at radius 2 is 2.27 bits per heavy atom. The molecule has 1 unspecified atom stereocenters. The fraction of sp³-hybridized carbons (Fsp3) is 1.00. The molecule has 0 amide bonds. The third kappa shape index (κ3) is 2.71. The summed E-state index contributed by atoms with van der Waals surface area (Å²) in [5.41, 5.74) is 4.88. The molecule has 1 aliphatic rings. The molecule has 0 spiro atoms. The van der Waals surface area contributed by atoms with Crippen LogP contribution in [0.15, 0.2) is 0 Å². The summed E-state index contributed by atoms with van der Waals surface area (Å²) in [5, 5.41) is 0. The molecule has 0 bridgehead atoms. The van der Waals surface area contributed by atoms with E-state index in [9.17, 15) is 8.78 Å². The minimum absolute atomic E-state index is 0.243. The summed E-state index contributed by atoms with van der Waals surface area (Å²) in [6.07, 6.45) is -1.12. The second-order valence-electron chi connectivity index (χ2n) is 3.11. The fourth-order valence-corrected chi connectivity index (χ4v) is 1.34. The molecule has 0 aliphatic carbocycles. The summed E-state index contributed by atoms with van der Waals surface area (Å²) in [7, 11) is 0. The van der Waals surface area contributed by atoms with Crippen LogP contribution in [0.5, 0.6) is 0 Å². The number of alkyl halides is 2. The van der Waals surface area contributed by atoms with Gasteiger partial charge in [-0.15, -0.1) is 0 Å². The average Bonchev–Trinajstić information content (AvgIpc) is 1.85. The second-order valence-corrected chi connectivity index (χ2v) is 3.11. The van der Waals surface area contributed by atoms with E-state index in [0.717, 1.165) is 6.42 Å². The lowest BCUT2D eigenvalue weighted by molar-refractivity contribution is 0.00434. The zero-order chi connectivity index (χ0) is 8.32.